The maximum absolute atomic E-state index is 12.0. The normalized spacial score (nSPS) is 23.2. The van der Waals surface area contributed by atoms with Crippen molar-refractivity contribution in [3.63, 3.8) is 0 Å². The summed E-state index contributed by atoms with van der Waals surface area (Å²) in [5.74, 6) is 0.223. The van der Waals surface area contributed by atoms with E-state index in [1.54, 1.807) is 18.4 Å². The fourth-order valence-corrected chi connectivity index (χ4v) is 3.29. The van der Waals surface area contributed by atoms with Crippen molar-refractivity contribution in [2.45, 2.75) is 18.9 Å². The van der Waals surface area contributed by atoms with Gasteiger partial charge >= 0.3 is 0 Å². The van der Waals surface area contributed by atoms with E-state index in [1.807, 2.05) is 30.5 Å². The molecule has 20 heavy (non-hydrogen) atoms. The Kier molecular flexibility index (Phi) is 2.86. The number of thiophene rings is 1. The zero-order chi connectivity index (χ0) is 14.5. The van der Waals surface area contributed by atoms with E-state index in [0.717, 1.165) is 21.1 Å². The lowest BCUT2D eigenvalue weighted by molar-refractivity contribution is -0.128. The van der Waals surface area contributed by atoms with Crippen molar-refractivity contribution in [1.29, 1.82) is 0 Å². The summed E-state index contributed by atoms with van der Waals surface area (Å²) in [6.45, 7) is 1.93. The van der Waals surface area contributed by atoms with Crippen LogP contribution in [0.15, 0.2) is 28.6 Å². The molecule has 6 heteroatoms. The maximum atomic E-state index is 12.0. The summed E-state index contributed by atoms with van der Waals surface area (Å²) in [6, 6.07) is 6.02. The van der Waals surface area contributed by atoms with E-state index < -0.39 is 5.54 Å². The Labute approximate surface area is 122 Å². The van der Waals surface area contributed by atoms with Crippen molar-refractivity contribution < 1.29 is 4.79 Å². The third kappa shape index (κ3) is 1.91. The molecular formula is C14H14BN3OS. The van der Waals surface area contributed by atoms with Crippen molar-refractivity contribution in [3.8, 4) is 0 Å². The molecule has 2 aromatic rings. The number of rotatable bonds is 1. The molecule has 1 aliphatic heterocycles. The minimum Gasteiger partial charge on any atom is -0.369 e. The van der Waals surface area contributed by atoms with Crippen LogP contribution in [0.4, 0.5) is 0 Å². The summed E-state index contributed by atoms with van der Waals surface area (Å²) in [5, 5.41) is 2.93. The number of amides is 1. The van der Waals surface area contributed by atoms with Crippen molar-refractivity contribution in [2.75, 3.05) is 7.05 Å². The van der Waals surface area contributed by atoms with E-state index >= 15 is 0 Å². The lowest BCUT2D eigenvalue weighted by atomic mass is 9.85. The molecule has 0 spiro atoms. The van der Waals surface area contributed by atoms with Crippen LogP contribution in [-0.2, 0) is 10.3 Å². The zero-order valence-corrected chi connectivity index (χ0v) is 12.2. The second-order valence-electron chi connectivity index (χ2n) is 5.28. The Morgan fingerprint density at radius 2 is 2.25 bits per heavy atom. The number of aliphatic imine (C=N–C) groups is 1. The summed E-state index contributed by atoms with van der Waals surface area (Å²) in [6.07, 6.45) is 0.305. The Hall–Kier alpha value is -1.82. The van der Waals surface area contributed by atoms with Crippen molar-refractivity contribution in [3.05, 3.63) is 29.1 Å². The van der Waals surface area contributed by atoms with E-state index in [1.165, 1.54) is 4.90 Å². The summed E-state index contributed by atoms with van der Waals surface area (Å²) < 4.78 is 1.13. The van der Waals surface area contributed by atoms with E-state index in [4.69, 9.17) is 13.6 Å². The first-order chi connectivity index (χ1) is 9.40. The lowest BCUT2D eigenvalue weighted by Gasteiger charge is -2.33. The van der Waals surface area contributed by atoms with Crippen molar-refractivity contribution >= 4 is 46.6 Å². The van der Waals surface area contributed by atoms with Crippen LogP contribution in [0.25, 0.3) is 10.1 Å². The third-order valence-corrected chi connectivity index (χ3v) is 4.78. The highest BCUT2D eigenvalue weighted by Gasteiger charge is 2.36. The Morgan fingerprint density at radius 1 is 1.50 bits per heavy atom. The number of benzene rings is 1. The smallest absolute Gasteiger partial charge is 0.231 e. The molecule has 2 radical (unpaired) electrons. The molecule has 0 bridgehead atoms. The molecule has 3 rings (SSSR count). The quantitative estimate of drug-likeness (QED) is 0.796. The highest BCUT2D eigenvalue weighted by Crippen LogP contribution is 2.34. The van der Waals surface area contributed by atoms with Crippen LogP contribution in [0, 0.1) is 0 Å². The molecule has 0 aliphatic carbocycles. The molecule has 2 N–H and O–H groups in total. The zero-order valence-electron chi connectivity index (χ0n) is 11.4. The van der Waals surface area contributed by atoms with Crippen LogP contribution in [0.2, 0.25) is 0 Å². The van der Waals surface area contributed by atoms with Gasteiger partial charge in [-0.25, -0.2) is 4.99 Å². The number of nitrogens with zero attached hydrogens (tertiary/aromatic N) is 2. The molecule has 0 saturated carbocycles. The molecule has 1 aromatic carbocycles. The minimum absolute atomic E-state index is 0.0293. The number of nitrogens with two attached hydrogens (primary N) is 1. The number of carbonyl (C=O) groups excluding carboxylic acids is 1. The van der Waals surface area contributed by atoms with E-state index in [0.29, 0.717) is 6.42 Å². The lowest BCUT2D eigenvalue weighted by Crippen LogP contribution is -2.47. The van der Waals surface area contributed by atoms with Gasteiger partial charge in [0, 0.05) is 11.7 Å². The van der Waals surface area contributed by atoms with Crippen LogP contribution in [0.1, 0.15) is 18.9 Å². The number of guanidine groups is 1. The molecule has 1 amide bonds. The predicted octanol–water partition coefficient (Wildman–Crippen LogP) is 1.09. The number of fused-ring (bicyclic) bond motifs is 1. The molecule has 0 unspecified atom stereocenters. The predicted molar refractivity (Wildman–Crippen MR) is 83.6 cm³/mol. The molecule has 4 nitrogen and oxygen atoms in total. The number of hydrogen-bond acceptors (Lipinski definition) is 4. The van der Waals surface area contributed by atoms with Gasteiger partial charge < -0.3 is 5.73 Å². The topological polar surface area (TPSA) is 58.7 Å². The minimum atomic E-state index is -0.629. The molecule has 1 aliphatic rings. The summed E-state index contributed by atoms with van der Waals surface area (Å²) in [7, 11) is 7.61. The Bertz CT molecular complexity index is 739. The molecule has 2 heterocycles. The van der Waals surface area contributed by atoms with Gasteiger partial charge in [-0.2, -0.15) is 0 Å². The van der Waals surface area contributed by atoms with Gasteiger partial charge in [0.2, 0.25) is 5.91 Å². The second kappa shape index (κ2) is 4.35. The van der Waals surface area contributed by atoms with E-state index in [9.17, 15) is 4.79 Å². The number of carbonyl (C=O) groups is 1. The molecule has 1 atom stereocenters. The van der Waals surface area contributed by atoms with Gasteiger partial charge in [0.15, 0.2) is 5.96 Å². The molecule has 1 aromatic heterocycles. The fourth-order valence-electron chi connectivity index (χ4n) is 2.46. The summed E-state index contributed by atoms with van der Waals surface area (Å²) >= 11 is 1.61. The standard InChI is InChI=1S/C14H14BN3OS/c1-14(6-12(19)18(2)13(16)17-14)8-3-4-11-9(5-8)10(15)7-20-11/h3-5,7H,6H2,1-2H3,(H2,16,17)/t14-/m0/s1. The first-order valence-electron chi connectivity index (χ1n) is 6.30. The van der Waals surface area contributed by atoms with Gasteiger partial charge in [-0.05, 0) is 35.4 Å². The van der Waals surface area contributed by atoms with Crippen LogP contribution in [-0.4, -0.2) is 31.7 Å². The highest BCUT2D eigenvalue weighted by atomic mass is 32.1. The average Bonchev–Trinajstić information content (AvgIpc) is 2.77. The average molecular weight is 283 g/mol. The van der Waals surface area contributed by atoms with E-state index in [2.05, 4.69) is 4.99 Å². The Balaban J connectivity index is 2.14. The molecule has 0 fully saturated rings. The van der Waals surface area contributed by atoms with E-state index in [-0.39, 0.29) is 11.9 Å². The van der Waals surface area contributed by atoms with Crippen molar-refractivity contribution in [1.82, 2.24) is 4.90 Å². The van der Waals surface area contributed by atoms with Gasteiger partial charge in [0.1, 0.15) is 7.85 Å². The van der Waals surface area contributed by atoms with Gasteiger partial charge in [-0.3, -0.25) is 9.69 Å². The summed E-state index contributed by atoms with van der Waals surface area (Å²) in [5.41, 5.74) is 6.92. The molecule has 100 valence electrons. The third-order valence-electron chi connectivity index (χ3n) is 3.80. The SMILES string of the molecule is [B]c1csc2ccc([C@]3(C)CC(=O)N(C)C(N)=N3)cc12. The fraction of sp³-hybridized carbons (Fsp3) is 0.286. The first-order valence-corrected chi connectivity index (χ1v) is 7.18. The van der Waals surface area contributed by atoms with Crippen molar-refractivity contribution in [2.24, 2.45) is 10.7 Å². The van der Waals surface area contributed by atoms with Gasteiger partial charge in [0.05, 0.1) is 12.0 Å². The largest absolute Gasteiger partial charge is 0.369 e. The van der Waals surface area contributed by atoms with Gasteiger partial charge in [-0.1, -0.05) is 11.5 Å². The Morgan fingerprint density at radius 3 is 2.95 bits per heavy atom. The van der Waals surface area contributed by atoms with Crippen LogP contribution >= 0.6 is 11.3 Å². The van der Waals surface area contributed by atoms with Gasteiger partial charge in [-0.15, -0.1) is 11.3 Å². The number of hydrogen-bond donors (Lipinski definition) is 1. The maximum Gasteiger partial charge on any atom is 0.231 e. The molecular weight excluding hydrogens is 269 g/mol. The monoisotopic (exact) mass is 283 g/mol. The summed E-state index contributed by atoms with van der Waals surface area (Å²) in [4.78, 5) is 17.9. The molecule has 0 saturated heterocycles. The van der Waals surface area contributed by atoms with Crippen LogP contribution in [0.5, 0.6) is 0 Å². The van der Waals surface area contributed by atoms with Crippen LogP contribution in [0.3, 0.4) is 0 Å². The van der Waals surface area contributed by atoms with Crippen LogP contribution < -0.4 is 11.2 Å². The first kappa shape index (κ1) is 13.2. The van der Waals surface area contributed by atoms with Gasteiger partial charge in [0.25, 0.3) is 0 Å². The highest BCUT2D eigenvalue weighted by molar-refractivity contribution is 7.18. The second-order valence-corrected chi connectivity index (χ2v) is 6.19.